The summed E-state index contributed by atoms with van der Waals surface area (Å²) in [6.45, 7) is 1.75. The Balaban J connectivity index is 2.70. The SMILES string of the molecule is CC[C@H](N)c1n[nH]c(=O)n1-c1ccccc1C(F)(F)F. The molecule has 1 heterocycles. The van der Waals surface area contributed by atoms with E-state index in [0.717, 1.165) is 10.6 Å². The first kappa shape index (κ1) is 14.3. The zero-order valence-electron chi connectivity index (χ0n) is 10.6. The highest BCUT2D eigenvalue weighted by molar-refractivity contribution is 5.43. The Kier molecular flexibility index (Phi) is 3.67. The molecule has 0 fully saturated rings. The van der Waals surface area contributed by atoms with Gasteiger partial charge in [0.2, 0.25) is 0 Å². The monoisotopic (exact) mass is 286 g/mol. The van der Waals surface area contributed by atoms with Gasteiger partial charge < -0.3 is 5.73 Å². The Hall–Kier alpha value is -2.09. The summed E-state index contributed by atoms with van der Waals surface area (Å²) in [6, 6.07) is 4.18. The summed E-state index contributed by atoms with van der Waals surface area (Å²) < 4.78 is 39.9. The standard InChI is InChI=1S/C12H13F3N4O/c1-2-8(16)10-17-18-11(20)19(10)9-6-4-3-5-7(9)12(13,14)15/h3-6,8H,2,16H2,1H3,(H,18,20)/t8-/m0/s1. The molecule has 0 aliphatic rings. The van der Waals surface area contributed by atoms with Crippen LogP contribution >= 0.6 is 0 Å². The predicted octanol–water partition coefficient (Wildman–Crippen LogP) is 1.99. The Morgan fingerprint density at radius 1 is 1.40 bits per heavy atom. The van der Waals surface area contributed by atoms with Crippen LogP contribution < -0.4 is 11.4 Å². The predicted molar refractivity (Wildman–Crippen MR) is 66.4 cm³/mol. The van der Waals surface area contributed by atoms with Crippen molar-refractivity contribution in [1.29, 1.82) is 0 Å². The van der Waals surface area contributed by atoms with Crippen molar-refractivity contribution in [2.45, 2.75) is 25.6 Å². The summed E-state index contributed by atoms with van der Waals surface area (Å²) in [5.74, 6) is 0.0780. The molecule has 20 heavy (non-hydrogen) atoms. The Morgan fingerprint density at radius 2 is 2.05 bits per heavy atom. The Labute approximate surface area is 112 Å². The number of benzene rings is 1. The van der Waals surface area contributed by atoms with Crippen LogP contribution in [0.1, 0.15) is 30.8 Å². The van der Waals surface area contributed by atoms with Crippen molar-refractivity contribution in [1.82, 2.24) is 14.8 Å². The number of nitrogens with one attached hydrogen (secondary N) is 1. The summed E-state index contributed by atoms with van der Waals surface area (Å²) in [7, 11) is 0. The largest absolute Gasteiger partial charge is 0.418 e. The molecule has 1 aromatic heterocycles. The fourth-order valence-electron chi connectivity index (χ4n) is 1.88. The highest BCUT2D eigenvalue weighted by Crippen LogP contribution is 2.33. The number of aromatic amines is 1. The third kappa shape index (κ3) is 2.46. The van der Waals surface area contributed by atoms with Crippen LogP contribution in [0.25, 0.3) is 5.69 Å². The maximum Gasteiger partial charge on any atom is 0.418 e. The third-order valence-electron chi connectivity index (χ3n) is 2.92. The topological polar surface area (TPSA) is 76.7 Å². The second-order valence-corrected chi connectivity index (χ2v) is 4.25. The van der Waals surface area contributed by atoms with Gasteiger partial charge >= 0.3 is 11.9 Å². The fourth-order valence-corrected chi connectivity index (χ4v) is 1.88. The average Bonchev–Trinajstić information content (AvgIpc) is 2.78. The maximum absolute atomic E-state index is 13.0. The lowest BCUT2D eigenvalue weighted by Crippen LogP contribution is -2.24. The average molecular weight is 286 g/mol. The van der Waals surface area contributed by atoms with Crippen molar-refractivity contribution in [3.8, 4) is 5.69 Å². The molecule has 0 radical (unpaired) electrons. The molecule has 0 aliphatic heterocycles. The van der Waals surface area contributed by atoms with Crippen molar-refractivity contribution in [3.05, 3.63) is 46.1 Å². The van der Waals surface area contributed by atoms with E-state index >= 15 is 0 Å². The van der Waals surface area contributed by atoms with E-state index in [-0.39, 0.29) is 11.5 Å². The summed E-state index contributed by atoms with van der Waals surface area (Å²) in [5, 5.41) is 5.86. The van der Waals surface area contributed by atoms with Gasteiger partial charge in [-0.1, -0.05) is 19.1 Å². The number of nitrogens with zero attached hydrogens (tertiary/aromatic N) is 2. The van der Waals surface area contributed by atoms with E-state index < -0.39 is 23.5 Å². The van der Waals surface area contributed by atoms with E-state index in [9.17, 15) is 18.0 Å². The van der Waals surface area contributed by atoms with E-state index in [2.05, 4.69) is 10.2 Å². The molecule has 0 bridgehead atoms. The van der Waals surface area contributed by atoms with Crippen LogP contribution in [-0.4, -0.2) is 14.8 Å². The van der Waals surface area contributed by atoms with Gasteiger partial charge in [0, 0.05) is 0 Å². The minimum absolute atomic E-state index is 0.0780. The van der Waals surface area contributed by atoms with Gasteiger partial charge in [-0.2, -0.15) is 18.3 Å². The normalized spacial score (nSPS) is 13.4. The van der Waals surface area contributed by atoms with Gasteiger partial charge in [0.15, 0.2) is 5.82 Å². The lowest BCUT2D eigenvalue weighted by Gasteiger charge is -2.15. The number of H-pyrrole nitrogens is 1. The van der Waals surface area contributed by atoms with Gasteiger partial charge in [0.05, 0.1) is 17.3 Å². The summed E-state index contributed by atoms with van der Waals surface area (Å²) >= 11 is 0. The molecule has 5 nitrogen and oxygen atoms in total. The van der Waals surface area contributed by atoms with E-state index in [4.69, 9.17) is 5.73 Å². The van der Waals surface area contributed by atoms with Crippen LogP contribution in [0.15, 0.2) is 29.1 Å². The quantitative estimate of drug-likeness (QED) is 0.906. The van der Waals surface area contributed by atoms with E-state index in [1.807, 2.05) is 0 Å². The molecule has 8 heteroatoms. The van der Waals surface area contributed by atoms with Crippen molar-refractivity contribution < 1.29 is 13.2 Å². The van der Waals surface area contributed by atoms with Gasteiger partial charge in [0.1, 0.15) is 0 Å². The summed E-state index contributed by atoms with van der Waals surface area (Å²) in [5.41, 5.74) is 3.84. The highest BCUT2D eigenvalue weighted by Gasteiger charge is 2.34. The molecular formula is C12H13F3N4O. The number of hydrogen-bond donors (Lipinski definition) is 2. The molecule has 1 atom stereocenters. The van der Waals surface area contributed by atoms with Crippen LogP contribution in [0.4, 0.5) is 13.2 Å². The zero-order valence-corrected chi connectivity index (χ0v) is 10.6. The van der Waals surface area contributed by atoms with Crippen LogP contribution in [0.5, 0.6) is 0 Å². The smallest absolute Gasteiger partial charge is 0.321 e. The lowest BCUT2D eigenvalue weighted by molar-refractivity contribution is -0.137. The van der Waals surface area contributed by atoms with Crippen LogP contribution in [0, 0.1) is 0 Å². The van der Waals surface area contributed by atoms with Crippen LogP contribution in [-0.2, 0) is 6.18 Å². The molecule has 0 spiro atoms. The maximum atomic E-state index is 13.0. The number of hydrogen-bond acceptors (Lipinski definition) is 3. The van der Waals surface area contributed by atoms with Crippen molar-refractivity contribution in [2.24, 2.45) is 5.73 Å². The number of nitrogens with two attached hydrogens (primary N) is 1. The van der Waals surface area contributed by atoms with Gasteiger partial charge in [-0.25, -0.2) is 14.5 Å². The van der Waals surface area contributed by atoms with Gasteiger partial charge in [-0.15, -0.1) is 0 Å². The number of alkyl halides is 3. The molecular weight excluding hydrogens is 273 g/mol. The minimum atomic E-state index is -4.57. The summed E-state index contributed by atoms with van der Waals surface area (Å²) in [6.07, 6.45) is -4.13. The van der Waals surface area contributed by atoms with Crippen molar-refractivity contribution >= 4 is 0 Å². The van der Waals surface area contributed by atoms with E-state index in [0.29, 0.717) is 6.42 Å². The second-order valence-electron chi connectivity index (χ2n) is 4.25. The first-order chi connectivity index (χ1) is 9.36. The third-order valence-corrected chi connectivity index (χ3v) is 2.92. The Morgan fingerprint density at radius 3 is 2.65 bits per heavy atom. The molecule has 1 aromatic carbocycles. The molecule has 0 unspecified atom stereocenters. The first-order valence-electron chi connectivity index (χ1n) is 5.95. The van der Waals surface area contributed by atoms with E-state index in [1.54, 1.807) is 6.92 Å². The fraction of sp³-hybridized carbons (Fsp3) is 0.333. The highest BCUT2D eigenvalue weighted by atomic mass is 19.4. The first-order valence-corrected chi connectivity index (χ1v) is 5.95. The molecule has 0 aliphatic carbocycles. The number of aromatic nitrogens is 3. The van der Waals surface area contributed by atoms with Gasteiger partial charge in [-0.05, 0) is 18.6 Å². The van der Waals surface area contributed by atoms with Gasteiger partial charge in [0.25, 0.3) is 0 Å². The van der Waals surface area contributed by atoms with E-state index in [1.165, 1.54) is 18.2 Å². The number of halogens is 3. The molecule has 2 rings (SSSR count). The number of para-hydroxylation sites is 1. The lowest BCUT2D eigenvalue weighted by atomic mass is 10.1. The second kappa shape index (κ2) is 5.12. The van der Waals surface area contributed by atoms with Crippen LogP contribution in [0.3, 0.4) is 0 Å². The minimum Gasteiger partial charge on any atom is -0.321 e. The Bertz CT molecular complexity index is 659. The van der Waals surface area contributed by atoms with Gasteiger partial charge in [-0.3, -0.25) is 0 Å². The molecule has 3 N–H and O–H groups in total. The summed E-state index contributed by atoms with van der Waals surface area (Å²) in [4.78, 5) is 11.8. The van der Waals surface area contributed by atoms with Crippen LogP contribution in [0.2, 0.25) is 0 Å². The molecule has 0 saturated heterocycles. The molecule has 0 amide bonds. The molecule has 2 aromatic rings. The zero-order chi connectivity index (χ0) is 14.9. The number of rotatable bonds is 3. The molecule has 0 saturated carbocycles. The molecule has 108 valence electrons. The van der Waals surface area contributed by atoms with Crippen molar-refractivity contribution in [2.75, 3.05) is 0 Å². The van der Waals surface area contributed by atoms with Crippen molar-refractivity contribution in [3.63, 3.8) is 0 Å².